The third kappa shape index (κ3) is 4.99. The number of hydrogen-bond acceptors (Lipinski definition) is 4. The summed E-state index contributed by atoms with van der Waals surface area (Å²) in [5.41, 5.74) is 0. The van der Waals surface area contributed by atoms with Gasteiger partial charge in [0.15, 0.2) is 5.13 Å². The minimum absolute atomic E-state index is 0.0324. The largest absolute Gasteiger partial charge is 0.354 e. The van der Waals surface area contributed by atoms with Gasteiger partial charge in [0.1, 0.15) is 5.15 Å². The summed E-state index contributed by atoms with van der Waals surface area (Å²) < 4.78 is 0. The Hall–Kier alpha value is -0.810. The van der Waals surface area contributed by atoms with Crippen LogP contribution >= 0.6 is 22.9 Å². The van der Waals surface area contributed by atoms with Gasteiger partial charge < -0.3 is 10.6 Å². The summed E-state index contributed by atoms with van der Waals surface area (Å²) in [6.45, 7) is 5.03. The van der Waals surface area contributed by atoms with E-state index in [-0.39, 0.29) is 12.5 Å². The van der Waals surface area contributed by atoms with Gasteiger partial charge >= 0.3 is 0 Å². The fourth-order valence-electron chi connectivity index (χ4n) is 0.872. The smallest absolute Gasteiger partial charge is 0.239 e. The van der Waals surface area contributed by atoms with Gasteiger partial charge in [-0.05, 0) is 5.92 Å². The highest BCUT2D eigenvalue weighted by Crippen LogP contribution is 2.18. The predicted octanol–water partition coefficient (Wildman–Crippen LogP) is 1.98. The van der Waals surface area contributed by atoms with Gasteiger partial charge in [0.25, 0.3) is 0 Å². The van der Waals surface area contributed by atoms with Gasteiger partial charge in [0.05, 0.1) is 6.54 Å². The summed E-state index contributed by atoms with van der Waals surface area (Å²) in [7, 11) is 0. The number of nitrogens with one attached hydrogen (secondary N) is 2. The third-order valence-corrected chi connectivity index (χ3v) is 2.71. The molecule has 0 spiro atoms. The fourth-order valence-corrected chi connectivity index (χ4v) is 1.71. The van der Waals surface area contributed by atoms with Crippen molar-refractivity contribution >= 4 is 34.0 Å². The lowest BCUT2D eigenvalue weighted by molar-refractivity contribution is -0.119. The number of carbonyl (C=O) groups is 1. The second kappa shape index (κ2) is 5.92. The number of halogens is 1. The number of amides is 1. The molecular formula is C9H14ClN3OS. The van der Waals surface area contributed by atoms with E-state index in [9.17, 15) is 4.79 Å². The molecule has 0 aliphatic rings. The second-order valence-corrected chi connectivity index (χ2v) is 4.77. The first kappa shape index (κ1) is 12.3. The van der Waals surface area contributed by atoms with E-state index in [1.54, 1.807) is 5.38 Å². The fraction of sp³-hybridized carbons (Fsp3) is 0.556. The summed E-state index contributed by atoms with van der Waals surface area (Å²) >= 11 is 7.02. The third-order valence-electron chi connectivity index (χ3n) is 1.58. The Morgan fingerprint density at radius 2 is 2.40 bits per heavy atom. The first-order valence-corrected chi connectivity index (χ1v) is 5.95. The van der Waals surface area contributed by atoms with E-state index < -0.39 is 0 Å². The number of anilines is 1. The number of hydrogen-bond donors (Lipinski definition) is 2. The number of carbonyl (C=O) groups excluding carboxylic acids is 1. The van der Waals surface area contributed by atoms with Gasteiger partial charge in [-0.1, -0.05) is 25.4 Å². The molecule has 84 valence electrons. The van der Waals surface area contributed by atoms with E-state index in [0.717, 1.165) is 0 Å². The Bertz CT molecular complexity index is 327. The first-order valence-electron chi connectivity index (χ1n) is 4.69. The van der Waals surface area contributed by atoms with Crippen molar-refractivity contribution in [3.8, 4) is 0 Å². The molecule has 0 saturated heterocycles. The topological polar surface area (TPSA) is 54.0 Å². The molecule has 1 heterocycles. The average Bonchev–Trinajstić information content (AvgIpc) is 2.58. The Morgan fingerprint density at radius 3 is 2.93 bits per heavy atom. The van der Waals surface area contributed by atoms with E-state index in [1.165, 1.54) is 11.3 Å². The molecule has 0 aliphatic carbocycles. The normalized spacial score (nSPS) is 10.4. The number of nitrogens with zero attached hydrogens (tertiary/aromatic N) is 1. The molecule has 0 unspecified atom stereocenters. The average molecular weight is 248 g/mol. The summed E-state index contributed by atoms with van der Waals surface area (Å²) in [6.07, 6.45) is 0. The van der Waals surface area contributed by atoms with Crippen LogP contribution in [0.3, 0.4) is 0 Å². The molecule has 0 bridgehead atoms. The van der Waals surface area contributed by atoms with Gasteiger partial charge in [-0.15, -0.1) is 11.3 Å². The van der Waals surface area contributed by atoms with Gasteiger partial charge in [-0.2, -0.15) is 0 Å². The van der Waals surface area contributed by atoms with Crippen LogP contribution < -0.4 is 10.6 Å². The van der Waals surface area contributed by atoms with Crippen LogP contribution in [0.15, 0.2) is 5.38 Å². The number of aromatic nitrogens is 1. The maximum absolute atomic E-state index is 11.3. The van der Waals surface area contributed by atoms with Crippen LogP contribution in [0.2, 0.25) is 5.15 Å². The van der Waals surface area contributed by atoms with Crippen molar-refractivity contribution < 1.29 is 4.79 Å². The Kier molecular flexibility index (Phi) is 4.84. The molecule has 2 N–H and O–H groups in total. The van der Waals surface area contributed by atoms with Crippen LogP contribution in [0.25, 0.3) is 0 Å². The van der Waals surface area contributed by atoms with Crippen LogP contribution in [0.1, 0.15) is 13.8 Å². The zero-order chi connectivity index (χ0) is 11.3. The van der Waals surface area contributed by atoms with E-state index in [4.69, 9.17) is 11.6 Å². The Labute approximate surface area is 98.0 Å². The lowest BCUT2D eigenvalue weighted by Gasteiger charge is -2.07. The molecule has 0 aromatic carbocycles. The van der Waals surface area contributed by atoms with Crippen molar-refractivity contribution in [2.24, 2.45) is 5.92 Å². The summed E-state index contributed by atoms with van der Waals surface area (Å²) in [5, 5.41) is 8.54. The van der Waals surface area contributed by atoms with E-state index in [1.807, 2.05) is 13.8 Å². The summed E-state index contributed by atoms with van der Waals surface area (Å²) in [5.74, 6) is 0.429. The highest BCUT2D eigenvalue weighted by atomic mass is 35.5. The van der Waals surface area contributed by atoms with Crippen molar-refractivity contribution in [3.05, 3.63) is 10.5 Å². The molecular weight excluding hydrogens is 234 g/mol. The predicted molar refractivity (Wildman–Crippen MR) is 63.5 cm³/mol. The minimum atomic E-state index is -0.0324. The van der Waals surface area contributed by atoms with Gasteiger partial charge in [-0.25, -0.2) is 4.98 Å². The van der Waals surface area contributed by atoms with Crippen LogP contribution in [0, 0.1) is 5.92 Å². The van der Waals surface area contributed by atoms with Crippen LogP contribution in [0.4, 0.5) is 5.13 Å². The van der Waals surface area contributed by atoms with Crippen molar-refractivity contribution in [1.29, 1.82) is 0 Å². The van der Waals surface area contributed by atoms with Crippen molar-refractivity contribution in [2.75, 3.05) is 18.4 Å². The van der Waals surface area contributed by atoms with Crippen LogP contribution in [-0.4, -0.2) is 24.0 Å². The molecule has 0 radical (unpaired) electrons. The van der Waals surface area contributed by atoms with E-state index >= 15 is 0 Å². The molecule has 0 atom stereocenters. The Balaban J connectivity index is 2.22. The lowest BCUT2D eigenvalue weighted by atomic mass is 10.2. The van der Waals surface area contributed by atoms with Crippen molar-refractivity contribution in [3.63, 3.8) is 0 Å². The number of thiazole rings is 1. The molecule has 1 rings (SSSR count). The van der Waals surface area contributed by atoms with E-state index in [2.05, 4.69) is 15.6 Å². The zero-order valence-electron chi connectivity index (χ0n) is 8.71. The highest BCUT2D eigenvalue weighted by molar-refractivity contribution is 7.14. The molecule has 6 heteroatoms. The molecule has 0 saturated carbocycles. The first-order chi connectivity index (χ1) is 7.08. The monoisotopic (exact) mass is 247 g/mol. The molecule has 15 heavy (non-hydrogen) atoms. The summed E-state index contributed by atoms with van der Waals surface area (Å²) in [6, 6.07) is 0. The standard InChI is InChI=1S/C9H14ClN3OS/c1-6(2)3-11-8(14)4-12-9-13-7(10)5-15-9/h5-6H,3-4H2,1-2H3,(H,11,14)(H,12,13). The molecule has 1 aromatic rings. The molecule has 1 aromatic heterocycles. The lowest BCUT2D eigenvalue weighted by Crippen LogP contribution is -2.32. The SMILES string of the molecule is CC(C)CNC(=O)CNc1nc(Cl)cs1. The molecule has 0 aliphatic heterocycles. The highest BCUT2D eigenvalue weighted by Gasteiger charge is 2.04. The molecule has 0 fully saturated rings. The second-order valence-electron chi connectivity index (χ2n) is 3.53. The van der Waals surface area contributed by atoms with Crippen molar-refractivity contribution in [1.82, 2.24) is 10.3 Å². The Morgan fingerprint density at radius 1 is 1.67 bits per heavy atom. The van der Waals surface area contributed by atoms with Gasteiger partial charge in [0, 0.05) is 11.9 Å². The maximum Gasteiger partial charge on any atom is 0.239 e. The summed E-state index contributed by atoms with van der Waals surface area (Å²) in [4.78, 5) is 15.3. The minimum Gasteiger partial charge on any atom is -0.354 e. The maximum atomic E-state index is 11.3. The zero-order valence-corrected chi connectivity index (χ0v) is 10.3. The van der Waals surface area contributed by atoms with Gasteiger partial charge in [0.2, 0.25) is 5.91 Å². The quantitative estimate of drug-likeness (QED) is 0.837. The van der Waals surface area contributed by atoms with Crippen molar-refractivity contribution in [2.45, 2.75) is 13.8 Å². The number of rotatable bonds is 5. The van der Waals surface area contributed by atoms with Gasteiger partial charge in [-0.3, -0.25) is 4.79 Å². The van der Waals surface area contributed by atoms with Crippen LogP contribution in [0.5, 0.6) is 0 Å². The van der Waals surface area contributed by atoms with Crippen LogP contribution in [-0.2, 0) is 4.79 Å². The molecule has 4 nitrogen and oxygen atoms in total. The van der Waals surface area contributed by atoms with E-state index in [0.29, 0.717) is 22.7 Å². The molecule has 1 amide bonds.